The Bertz CT molecular complexity index is 1790. The molecule has 66 heavy (non-hydrogen) atoms. The molecule has 18 atom stereocenters. The summed E-state index contributed by atoms with van der Waals surface area (Å²) in [5.74, 6) is -5.24. The zero-order chi connectivity index (χ0) is 49.6. The number of nitrogens with one attached hydrogen (secondary N) is 1. The monoisotopic (exact) mass is 940 g/mol. The fraction of sp³-hybridized carbons (Fsp3) is 0.809. The molecular weight excluding hydrogens is 863 g/mol. The number of Topliss-reactive ketones (excluding diaryl/α,β-unsaturated/α-hetero) is 1. The zero-order valence-corrected chi connectivity index (χ0v) is 41.0. The molecule has 19 nitrogen and oxygen atoms in total. The molecule has 3 heterocycles. The van der Waals surface area contributed by atoms with Crippen LogP contribution in [0.25, 0.3) is 0 Å². The Morgan fingerprint density at radius 2 is 1.55 bits per heavy atom. The van der Waals surface area contributed by atoms with Gasteiger partial charge in [0.1, 0.15) is 29.7 Å². The molecule has 3 aliphatic heterocycles. The van der Waals surface area contributed by atoms with Crippen LogP contribution >= 0.6 is 0 Å². The number of nitro groups is 1. The van der Waals surface area contributed by atoms with Crippen LogP contribution in [-0.4, -0.2) is 167 Å². The van der Waals surface area contributed by atoms with Crippen LogP contribution in [0.4, 0.5) is 5.69 Å². The van der Waals surface area contributed by atoms with Gasteiger partial charge in [-0.05, 0) is 93.0 Å². The molecule has 0 bridgehead atoms. The Labute approximate surface area is 389 Å². The highest BCUT2D eigenvalue weighted by molar-refractivity contribution is 5.94. The molecule has 0 aromatic heterocycles. The fourth-order valence-corrected chi connectivity index (χ4v) is 10.0. The summed E-state index contributed by atoms with van der Waals surface area (Å²) in [4.78, 5) is 53.8. The quantitative estimate of drug-likeness (QED) is 0.0774. The maximum Gasteiger partial charge on any atom is 0.311 e. The van der Waals surface area contributed by atoms with Crippen molar-refractivity contribution >= 4 is 23.3 Å². The van der Waals surface area contributed by atoms with Crippen molar-refractivity contribution in [2.45, 2.75) is 186 Å². The van der Waals surface area contributed by atoms with Gasteiger partial charge >= 0.3 is 5.97 Å². The van der Waals surface area contributed by atoms with E-state index in [-0.39, 0.29) is 48.7 Å². The number of ketones is 1. The Balaban J connectivity index is 1.69. The Morgan fingerprint density at radius 1 is 0.924 bits per heavy atom. The summed E-state index contributed by atoms with van der Waals surface area (Å²) in [7, 11) is 4.80. The van der Waals surface area contributed by atoms with E-state index in [0.29, 0.717) is 19.4 Å². The van der Waals surface area contributed by atoms with Gasteiger partial charge in [0.15, 0.2) is 12.6 Å². The molecule has 3 saturated heterocycles. The van der Waals surface area contributed by atoms with Crippen molar-refractivity contribution in [3.05, 3.63) is 39.9 Å². The van der Waals surface area contributed by atoms with E-state index < -0.39 is 119 Å². The molecule has 1 aromatic rings. The minimum absolute atomic E-state index is 0.0392. The van der Waals surface area contributed by atoms with Crippen molar-refractivity contribution in [2.75, 3.05) is 34.4 Å². The molecule has 1 aromatic carbocycles. The lowest BCUT2D eigenvalue weighted by Gasteiger charge is -2.50. The van der Waals surface area contributed by atoms with Crippen LogP contribution in [0.15, 0.2) is 24.3 Å². The predicted octanol–water partition coefficient (Wildman–Crippen LogP) is 3.54. The molecule has 0 spiro atoms. The average Bonchev–Trinajstić information content (AvgIpc) is 3.28. The number of likely N-dealkylation sites (N-methyl/N-ethyl adjacent to an activating group) is 1. The largest absolute Gasteiger partial charge is 0.459 e. The van der Waals surface area contributed by atoms with Crippen LogP contribution in [0.3, 0.4) is 0 Å². The molecule has 376 valence electrons. The first-order valence-electron chi connectivity index (χ1n) is 23.2. The van der Waals surface area contributed by atoms with Crippen molar-refractivity contribution in [2.24, 2.45) is 23.7 Å². The number of nitrogens with zero attached hydrogens (tertiary/aromatic N) is 2. The number of amides is 1. The van der Waals surface area contributed by atoms with Gasteiger partial charge in [-0.15, -0.1) is 0 Å². The van der Waals surface area contributed by atoms with E-state index in [1.807, 2.05) is 18.9 Å². The van der Waals surface area contributed by atoms with E-state index in [2.05, 4.69) is 5.32 Å². The first-order valence-corrected chi connectivity index (χ1v) is 23.2. The van der Waals surface area contributed by atoms with Crippen LogP contribution in [-0.2, 0) is 42.7 Å². The summed E-state index contributed by atoms with van der Waals surface area (Å²) in [5.41, 5.74) is -4.29. The average molecular weight is 940 g/mol. The minimum Gasteiger partial charge on any atom is -0.459 e. The number of ether oxygens (including phenoxy) is 7. The Kier molecular flexibility index (Phi) is 19.2. The van der Waals surface area contributed by atoms with Gasteiger partial charge in [0, 0.05) is 68.7 Å². The summed E-state index contributed by atoms with van der Waals surface area (Å²) >= 11 is 0. The van der Waals surface area contributed by atoms with E-state index in [0.717, 1.165) is 0 Å². The van der Waals surface area contributed by atoms with Gasteiger partial charge in [-0.2, -0.15) is 0 Å². The van der Waals surface area contributed by atoms with E-state index in [1.165, 1.54) is 52.3 Å². The van der Waals surface area contributed by atoms with Crippen molar-refractivity contribution in [3.63, 3.8) is 0 Å². The molecule has 4 rings (SSSR count). The maximum absolute atomic E-state index is 14.4. The molecule has 3 fully saturated rings. The molecule has 19 heteroatoms. The number of cyclic esters (lactones) is 1. The third-order valence-electron chi connectivity index (χ3n) is 14.5. The number of hydrogen-bond donors (Lipinski definition) is 5. The second-order valence-electron chi connectivity index (χ2n) is 19.6. The molecule has 0 unspecified atom stereocenters. The number of methoxy groups -OCH3 is 2. The molecule has 1 amide bonds. The standard InChI is InChI=1S/C47H77N3O16/c1-14-34-47(10,57)39(53)27(4)36(51)25(2)23-46(9,61-13)41(28(5)38(29(6)43(56)64-34)65-35-24-45(8,60-12)40(54)30(7)63-35)66-44-37(52)33(22-26(3)62-44)49(11)21-15-20-48-42(55)31-16-18-32(19-17-31)50(58)59/h16-19,25-30,33-35,37-41,44,52-54,57H,14-15,20-24H2,1-13H3,(H,48,55)/t25-,26-,27+,28+,29-,30+,33+,34-,35+,37-,38+,39-,40+,41-,44-,45-,46-,47-/m1/s1. The number of benzene rings is 1. The first kappa shape index (κ1) is 55.4. The molecule has 3 aliphatic rings. The van der Waals surface area contributed by atoms with Crippen molar-refractivity contribution in [1.29, 1.82) is 0 Å². The van der Waals surface area contributed by atoms with Crippen molar-refractivity contribution in [1.82, 2.24) is 10.2 Å². The van der Waals surface area contributed by atoms with Gasteiger partial charge in [0.2, 0.25) is 0 Å². The highest BCUT2D eigenvalue weighted by Gasteiger charge is 2.54. The number of carbonyl (C=O) groups is 3. The van der Waals surface area contributed by atoms with Crippen LogP contribution < -0.4 is 5.32 Å². The first-order chi connectivity index (χ1) is 30.8. The van der Waals surface area contributed by atoms with Gasteiger partial charge in [-0.3, -0.25) is 24.5 Å². The minimum atomic E-state index is -2.02. The lowest BCUT2D eigenvalue weighted by atomic mass is 9.74. The van der Waals surface area contributed by atoms with Crippen LogP contribution in [0.1, 0.15) is 112 Å². The summed E-state index contributed by atoms with van der Waals surface area (Å²) in [6.07, 6.45) is -9.46. The summed E-state index contributed by atoms with van der Waals surface area (Å²) in [6.45, 7) is 17.5. The van der Waals surface area contributed by atoms with E-state index >= 15 is 0 Å². The highest BCUT2D eigenvalue weighted by atomic mass is 16.7. The normalized spacial score (nSPS) is 40.9. The highest BCUT2D eigenvalue weighted by Crippen LogP contribution is 2.42. The second-order valence-corrected chi connectivity index (χ2v) is 19.6. The van der Waals surface area contributed by atoms with Gasteiger partial charge in [0.25, 0.3) is 11.6 Å². The lowest BCUT2D eigenvalue weighted by Crippen LogP contribution is -2.61. The van der Waals surface area contributed by atoms with Crippen LogP contribution in [0.5, 0.6) is 0 Å². The third kappa shape index (κ3) is 12.5. The number of rotatable bonds is 14. The van der Waals surface area contributed by atoms with E-state index in [4.69, 9.17) is 33.2 Å². The smallest absolute Gasteiger partial charge is 0.311 e. The predicted molar refractivity (Wildman–Crippen MR) is 240 cm³/mol. The number of esters is 1. The molecule has 5 N–H and O–H groups in total. The molecular formula is C47H77N3O16. The van der Waals surface area contributed by atoms with E-state index in [1.54, 1.807) is 48.5 Å². The van der Waals surface area contributed by atoms with Gasteiger partial charge in [-0.1, -0.05) is 27.7 Å². The maximum atomic E-state index is 14.4. The lowest BCUT2D eigenvalue weighted by molar-refractivity contribution is -0.384. The zero-order valence-electron chi connectivity index (χ0n) is 41.0. The number of nitro benzene ring substituents is 1. The Morgan fingerprint density at radius 3 is 2.12 bits per heavy atom. The van der Waals surface area contributed by atoms with Crippen molar-refractivity contribution in [3.8, 4) is 0 Å². The summed E-state index contributed by atoms with van der Waals surface area (Å²) in [5, 5.41) is 60.3. The van der Waals surface area contributed by atoms with Gasteiger partial charge in [-0.25, -0.2) is 0 Å². The summed E-state index contributed by atoms with van der Waals surface area (Å²) in [6, 6.07) is 4.84. The van der Waals surface area contributed by atoms with Crippen molar-refractivity contribution < 1.29 is 72.9 Å². The van der Waals surface area contributed by atoms with E-state index in [9.17, 15) is 44.9 Å². The Hall–Kier alpha value is -3.21. The van der Waals surface area contributed by atoms with Gasteiger partial charge < -0.3 is 63.8 Å². The molecule has 0 aliphatic carbocycles. The molecule has 0 saturated carbocycles. The topological polar surface area (TPSA) is 255 Å². The SMILES string of the molecule is CC[C@H]1OC(=O)[C@H](C)[C@@H](O[C@H]2C[C@@](C)(OC)[C@@H](O)[C@H](C)O2)[C@H](C)[C@@H](O[C@H]2O[C@H](C)C[C@H](N(C)CCCNC(=O)c3ccc([N+](=O)[O-])cc3)[C@H]2O)[C@](C)(OC)C[C@@H](C)C(=O)[C@H](C)[C@@H](O)[C@]1(C)O. The number of non-ortho nitro benzene ring substituents is 1. The van der Waals surface area contributed by atoms with Gasteiger partial charge in [0.05, 0.1) is 52.6 Å². The fourth-order valence-electron chi connectivity index (χ4n) is 10.0. The van der Waals surface area contributed by atoms with Crippen LogP contribution in [0, 0.1) is 33.8 Å². The third-order valence-corrected chi connectivity index (χ3v) is 14.5. The number of carbonyl (C=O) groups excluding carboxylic acids is 3. The number of aliphatic hydroxyl groups excluding tert-OH is 3. The molecule has 0 radical (unpaired) electrons. The summed E-state index contributed by atoms with van der Waals surface area (Å²) < 4.78 is 44.4. The van der Waals surface area contributed by atoms with Crippen LogP contribution in [0.2, 0.25) is 0 Å². The second kappa shape index (κ2) is 22.9. The number of hydrogen-bond acceptors (Lipinski definition) is 17. The number of aliphatic hydroxyl groups is 4.